The number of hydrogen-bond donors (Lipinski definition) is 1. The van der Waals surface area contributed by atoms with Crippen molar-refractivity contribution >= 4 is 5.97 Å². The van der Waals surface area contributed by atoms with Crippen LogP contribution in [-0.2, 0) is 9.53 Å². The highest BCUT2D eigenvalue weighted by Gasteiger charge is 2.33. The van der Waals surface area contributed by atoms with Gasteiger partial charge in [0.25, 0.3) is 0 Å². The third kappa shape index (κ3) is 1.71. The lowest BCUT2D eigenvalue weighted by molar-refractivity contribution is -0.145. The second kappa shape index (κ2) is 3.22. The van der Waals surface area contributed by atoms with E-state index < -0.39 is 0 Å². The monoisotopic (exact) mass is 157 g/mol. The highest BCUT2D eigenvalue weighted by molar-refractivity contribution is 5.73. The van der Waals surface area contributed by atoms with Gasteiger partial charge >= 0.3 is 5.97 Å². The van der Waals surface area contributed by atoms with E-state index in [1.807, 2.05) is 6.92 Å². The Morgan fingerprint density at radius 1 is 1.55 bits per heavy atom. The number of ether oxygens (including phenoxy) is 1. The minimum atomic E-state index is -0.0886. The van der Waals surface area contributed by atoms with Crippen molar-refractivity contribution in [3.63, 3.8) is 0 Å². The third-order valence-corrected chi connectivity index (χ3v) is 2.26. The van der Waals surface area contributed by atoms with Crippen LogP contribution in [0.25, 0.3) is 0 Å². The van der Waals surface area contributed by atoms with E-state index in [9.17, 15) is 4.79 Å². The normalized spacial score (nSPS) is 37.2. The second-order valence-corrected chi connectivity index (χ2v) is 3.22. The first-order chi connectivity index (χ1) is 5.15. The quantitative estimate of drug-likeness (QED) is 0.565. The van der Waals surface area contributed by atoms with Gasteiger partial charge in [-0.2, -0.15) is 0 Å². The van der Waals surface area contributed by atoms with Crippen LogP contribution in [0.3, 0.4) is 0 Å². The van der Waals surface area contributed by atoms with Crippen molar-refractivity contribution in [2.45, 2.75) is 32.4 Å². The van der Waals surface area contributed by atoms with Crippen LogP contribution in [0.5, 0.6) is 0 Å². The zero-order valence-electron chi connectivity index (χ0n) is 7.26. The smallest absolute Gasteiger partial charge is 0.310 e. The van der Waals surface area contributed by atoms with E-state index in [1.54, 1.807) is 0 Å². The molecule has 0 aromatic heterocycles. The second-order valence-electron chi connectivity index (χ2n) is 3.22. The number of rotatable bonds is 1. The maximum Gasteiger partial charge on any atom is 0.310 e. The van der Waals surface area contributed by atoms with Gasteiger partial charge in [-0.3, -0.25) is 4.79 Å². The van der Waals surface area contributed by atoms with Crippen LogP contribution in [0.1, 0.15) is 20.3 Å². The summed E-state index contributed by atoms with van der Waals surface area (Å²) in [6, 6.07) is 0.701. The van der Waals surface area contributed by atoms with Crippen molar-refractivity contribution < 1.29 is 9.53 Å². The third-order valence-electron chi connectivity index (χ3n) is 2.26. The molecule has 1 rings (SSSR count). The van der Waals surface area contributed by atoms with Crippen molar-refractivity contribution in [2.75, 3.05) is 7.11 Å². The predicted molar refractivity (Wildman–Crippen MR) is 42.2 cm³/mol. The maximum atomic E-state index is 11.1. The van der Waals surface area contributed by atoms with Gasteiger partial charge in [0.1, 0.15) is 0 Å². The van der Waals surface area contributed by atoms with Gasteiger partial charge in [0.2, 0.25) is 0 Å². The molecule has 0 aromatic rings. The minimum absolute atomic E-state index is 0.0509. The predicted octanol–water partition coefficient (Wildman–Crippen LogP) is 0.546. The van der Waals surface area contributed by atoms with E-state index in [-0.39, 0.29) is 17.9 Å². The lowest BCUT2D eigenvalue weighted by atomic mass is 10.0. The topological polar surface area (TPSA) is 38.3 Å². The summed E-state index contributed by atoms with van der Waals surface area (Å²) in [6.45, 7) is 4.10. The van der Waals surface area contributed by atoms with Crippen LogP contribution in [0.15, 0.2) is 0 Å². The number of carbonyl (C=O) groups excluding carboxylic acids is 1. The van der Waals surface area contributed by atoms with Crippen LogP contribution in [-0.4, -0.2) is 25.2 Å². The summed E-state index contributed by atoms with van der Waals surface area (Å²) in [7, 11) is 1.44. The number of nitrogens with one attached hydrogen (secondary N) is 1. The van der Waals surface area contributed by atoms with Crippen LogP contribution >= 0.6 is 0 Å². The molecule has 0 amide bonds. The van der Waals surface area contributed by atoms with E-state index in [2.05, 4.69) is 17.0 Å². The van der Waals surface area contributed by atoms with Crippen LogP contribution in [0.2, 0.25) is 0 Å². The molecule has 3 atom stereocenters. The van der Waals surface area contributed by atoms with Crippen molar-refractivity contribution in [2.24, 2.45) is 5.92 Å². The van der Waals surface area contributed by atoms with Gasteiger partial charge in [0.15, 0.2) is 0 Å². The molecule has 1 N–H and O–H groups in total. The van der Waals surface area contributed by atoms with Crippen LogP contribution < -0.4 is 5.32 Å². The molecule has 0 spiro atoms. The van der Waals surface area contributed by atoms with Gasteiger partial charge in [0.05, 0.1) is 13.0 Å². The summed E-state index contributed by atoms with van der Waals surface area (Å²) < 4.78 is 4.67. The number of methoxy groups -OCH3 is 1. The molecular formula is C8H15NO2. The van der Waals surface area contributed by atoms with Gasteiger partial charge in [-0.25, -0.2) is 0 Å². The molecule has 1 heterocycles. The molecule has 1 fully saturated rings. The molecule has 3 heteroatoms. The molecule has 0 saturated carbocycles. The number of carbonyl (C=O) groups is 1. The Hall–Kier alpha value is -0.570. The summed E-state index contributed by atoms with van der Waals surface area (Å²) in [5.74, 6) is -0.0376. The maximum absolute atomic E-state index is 11.1. The van der Waals surface area contributed by atoms with E-state index in [0.29, 0.717) is 6.04 Å². The molecule has 64 valence electrons. The number of esters is 1. The van der Waals surface area contributed by atoms with E-state index in [1.165, 1.54) is 7.11 Å². The highest BCUT2D eigenvalue weighted by atomic mass is 16.5. The summed E-state index contributed by atoms with van der Waals surface area (Å²) in [5, 5.41) is 3.28. The summed E-state index contributed by atoms with van der Waals surface area (Å²) >= 11 is 0. The van der Waals surface area contributed by atoms with E-state index in [4.69, 9.17) is 0 Å². The first kappa shape index (κ1) is 8.53. The largest absolute Gasteiger partial charge is 0.469 e. The SMILES string of the molecule is COC(=O)C1CC(C)NC1C. The van der Waals surface area contributed by atoms with Crippen LogP contribution in [0.4, 0.5) is 0 Å². The molecule has 1 aliphatic heterocycles. The highest BCUT2D eigenvalue weighted by Crippen LogP contribution is 2.20. The molecule has 3 unspecified atom stereocenters. The van der Waals surface area contributed by atoms with Gasteiger partial charge in [-0.1, -0.05) is 0 Å². The van der Waals surface area contributed by atoms with Crippen molar-refractivity contribution in [3.05, 3.63) is 0 Å². The Morgan fingerprint density at radius 2 is 2.18 bits per heavy atom. The standard InChI is InChI=1S/C8H15NO2/c1-5-4-7(6(2)9-5)8(10)11-3/h5-7,9H,4H2,1-3H3. The molecule has 11 heavy (non-hydrogen) atoms. The average Bonchev–Trinajstić information content (AvgIpc) is 2.28. The Bertz CT molecular complexity index is 158. The molecule has 1 aliphatic rings. The molecule has 0 aliphatic carbocycles. The van der Waals surface area contributed by atoms with Gasteiger partial charge in [0, 0.05) is 12.1 Å². The molecular weight excluding hydrogens is 142 g/mol. The summed E-state index contributed by atoms with van der Waals surface area (Å²) in [4.78, 5) is 11.1. The first-order valence-corrected chi connectivity index (χ1v) is 3.99. The first-order valence-electron chi connectivity index (χ1n) is 3.99. The van der Waals surface area contributed by atoms with Gasteiger partial charge < -0.3 is 10.1 Å². The Balaban J connectivity index is 2.52. The van der Waals surface area contributed by atoms with Gasteiger partial charge in [-0.15, -0.1) is 0 Å². The lowest BCUT2D eigenvalue weighted by Crippen LogP contribution is -2.30. The zero-order valence-corrected chi connectivity index (χ0v) is 7.26. The van der Waals surface area contributed by atoms with Crippen LogP contribution in [0, 0.1) is 5.92 Å². The Labute approximate surface area is 67.1 Å². The Kier molecular flexibility index (Phi) is 2.49. The van der Waals surface area contributed by atoms with Crippen molar-refractivity contribution in [1.29, 1.82) is 0 Å². The number of hydrogen-bond acceptors (Lipinski definition) is 3. The van der Waals surface area contributed by atoms with E-state index in [0.717, 1.165) is 6.42 Å². The van der Waals surface area contributed by atoms with E-state index >= 15 is 0 Å². The molecule has 3 nitrogen and oxygen atoms in total. The zero-order chi connectivity index (χ0) is 8.43. The lowest BCUT2D eigenvalue weighted by Gasteiger charge is -2.10. The fraction of sp³-hybridized carbons (Fsp3) is 0.875. The molecule has 0 bridgehead atoms. The Morgan fingerprint density at radius 3 is 2.55 bits per heavy atom. The molecule has 0 aromatic carbocycles. The summed E-state index contributed by atoms with van der Waals surface area (Å²) in [5.41, 5.74) is 0. The fourth-order valence-corrected chi connectivity index (χ4v) is 1.67. The van der Waals surface area contributed by atoms with Crippen molar-refractivity contribution in [1.82, 2.24) is 5.32 Å². The fourth-order valence-electron chi connectivity index (χ4n) is 1.67. The average molecular weight is 157 g/mol. The molecule has 0 radical (unpaired) electrons. The summed E-state index contributed by atoms with van der Waals surface area (Å²) in [6.07, 6.45) is 0.897. The van der Waals surface area contributed by atoms with Gasteiger partial charge in [-0.05, 0) is 20.3 Å². The minimum Gasteiger partial charge on any atom is -0.469 e. The van der Waals surface area contributed by atoms with Crippen molar-refractivity contribution in [3.8, 4) is 0 Å². The molecule has 1 saturated heterocycles.